The highest BCUT2D eigenvalue weighted by Crippen LogP contribution is 2.12. The highest BCUT2D eigenvalue weighted by atomic mass is 19.4. The van der Waals surface area contributed by atoms with Crippen LogP contribution in [0.15, 0.2) is 0 Å². The van der Waals surface area contributed by atoms with Crippen LogP contribution in [0.1, 0.15) is 12.8 Å². The van der Waals surface area contributed by atoms with Gasteiger partial charge in [-0.15, -0.1) is 0 Å². The topological polar surface area (TPSA) is 50.4 Å². The number of carbonyl (C=O) groups excluding carboxylic acids is 1. The predicted molar refractivity (Wildman–Crippen MR) is 50.9 cm³/mol. The van der Waals surface area contributed by atoms with Crippen LogP contribution in [0.5, 0.6) is 0 Å². The largest absolute Gasteiger partial charge is 0.405 e. The molecule has 1 heterocycles. The van der Waals surface area contributed by atoms with Crippen LogP contribution in [-0.2, 0) is 9.53 Å². The molecule has 1 amide bonds. The number of nitrogens with one attached hydrogen (secondary N) is 2. The summed E-state index contributed by atoms with van der Waals surface area (Å²) in [6.45, 7) is -0.0623. The molecule has 1 aliphatic rings. The smallest absolute Gasteiger partial charge is 0.367 e. The van der Waals surface area contributed by atoms with Crippen molar-refractivity contribution in [3.63, 3.8) is 0 Å². The summed E-state index contributed by atoms with van der Waals surface area (Å²) in [6, 6.07) is 0. The van der Waals surface area contributed by atoms with E-state index in [0.29, 0.717) is 6.54 Å². The zero-order chi connectivity index (χ0) is 12.0. The van der Waals surface area contributed by atoms with Crippen molar-refractivity contribution in [3.8, 4) is 0 Å². The first kappa shape index (κ1) is 13.2. The molecule has 0 aromatic rings. The molecule has 16 heavy (non-hydrogen) atoms. The zero-order valence-corrected chi connectivity index (χ0v) is 8.77. The van der Waals surface area contributed by atoms with Crippen LogP contribution in [0, 0.1) is 0 Å². The molecule has 1 rings (SSSR count). The van der Waals surface area contributed by atoms with Gasteiger partial charge in [-0.1, -0.05) is 0 Å². The molecular formula is C9H15F3N2O2. The lowest BCUT2D eigenvalue weighted by Gasteiger charge is -2.22. The van der Waals surface area contributed by atoms with Crippen LogP contribution < -0.4 is 10.6 Å². The number of halogens is 3. The number of carbonyl (C=O) groups is 1. The Balaban J connectivity index is 2.09. The van der Waals surface area contributed by atoms with E-state index in [1.807, 2.05) is 0 Å². The first-order valence-electron chi connectivity index (χ1n) is 5.13. The van der Waals surface area contributed by atoms with Gasteiger partial charge in [0.25, 0.3) is 0 Å². The predicted octanol–water partition coefficient (Wildman–Crippen LogP) is 0.433. The lowest BCUT2D eigenvalue weighted by Crippen LogP contribution is -2.40. The molecule has 7 heteroatoms. The van der Waals surface area contributed by atoms with Crippen LogP contribution in [-0.4, -0.2) is 44.4 Å². The van der Waals surface area contributed by atoms with Crippen LogP contribution in [0.3, 0.4) is 0 Å². The van der Waals surface area contributed by atoms with E-state index in [2.05, 4.69) is 5.32 Å². The second-order valence-corrected chi connectivity index (χ2v) is 3.67. The summed E-state index contributed by atoms with van der Waals surface area (Å²) in [5.74, 6) is -0.733. The number of hydrogen-bond donors (Lipinski definition) is 2. The van der Waals surface area contributed by atoms with Crippen LogP contribution >= 0.6 is 0 Å². The summed E-state index contributed by atoms with van der Waals surface area (Å²) >= 11 is 0. The summed E-state index contributed by atoms with van der Waals surface area (Å²) in [7, 11) is 0. The second kappa shape index (κ2) is 6.05. The minimum Gasteiger partial charge on any atom is -0.367 e. The highest BCUT2D eigenvalue weighted by Gasteiger charge is 2.27. The first-order valence-corrected chi connectivity index (χ1v) is 5.13. The zero-order valence-electron chi connectivity index (χ0n) is 8.77. The van der Waals surface area contributed by atoms with Crippen molar-refractivity contribution in [3.05, 3.63) is 0 Å². The van der Waals surface area contributed by atoms with E-state index in [1.54, 1.807) is 5.32 Å². The molecule has 0 spiro atoms. The minimum absolute atomic E-state index is 0.0783. The first-order chi connectivity index (χ1) is 7.47. The molecule has 4 nitrogen and oxygen atoms in total. The molecule has 1 aliphatic heterocycles. The maximum Gasteiger partial charge on any atom is 0.405 e. The molecule has 1 fully saturated rings. The third-order valence-corrected chi connectivity index (χ3v) is 2.19. The third kappa shape index (κ3) is 5.92. The Bertz CT molecular complexity index is 227. The fourth-order valence-electron chi connectivity index (χ4n) is 1.41. The average Bonchev–Trinajstić information content (AvgIpc) is 2.24. The van der Waals surface area contributed by atoms with Gasteiger partial charge in [-0.3, -0.25) is 4.79 Å². The molecule has 0 radical (unpaired) electrons. The van der Waals surface area contributed by atoms with E-state index < -0.39 is 18.6 Å². The normalized spacial score (nSPS) is 21.8. The molecule has 1 saturated heterocycles. The van der Waals surface area contributed by atoms with E-state index in [1.165, 1.54) is 0 Å². The van der Waals surface area contributed by atoms with Crippen molar-refractivity contribution in [2.75, 3.05) is 26.2 Å². The Kier molecular flexibility index (Phi) is 5.01. The van der Waals surface area contributed by atoms with Crippen molar-refractivity contribution in [2.45, 2.75) is 25.1 Å². The van der Waals surface area contributed by atoms with Crippen LogP contribution in [0.25, 0.3) is 0 Å². The van der Waals surface area contributed by atoms with Gasteiger partial charge in [0, 0.05) is 6.54 Å². The Morgan fingerprint density at radius 3 is 2.81 bits per heavy atom. The SMILES string of the molecule is O=C(COC1CCCNC1)NCC(F)(F)F. The fourth-order valence-corrected chi connectivity index (χ4v) is 1.41. The number of amides is 1. The van der Waals surface area contributed by atoms with E-state index in [9.17, 15) is 18.0 Å². The van der Waals surface area contributed by atoms with Gasteiger partial charge in [-0.05, 0) is 19.4 Å². The maximum absolute atomic E-state index is 11.7. The maximum atomic E-state index is 11.7. The number of hydrogen-bond acceptors (Lipinski definition) is 3. The molecule has 0 bridgehead atoms. The molecule has 0 aliphatic carbocycles. The molecule has 0 saturated carbocycles. The van der Waals surface area contributed by atoms with Gasteiger partial charge >= 0.3 is 6.18 Å². The van der Waals surface area contributed by atoms with Crippen molar-refractivity contribution in [1.82, 2.24) is 10.6 Å². The Morgan fingerprint density at radius 2 is 2.25 bits per heavy atom. The number of rotatable bonds is 4. The number of piperidine rings is 1. The van der Waals surface area contributed by atoms with E-state index in [-0.39, 0.29) is 12.7 Å². The molecule has 0 aromatic carbocycles. The van der Waals surface area contributed by atoms with Crippen molar-refractivity contribution >= 4 is 5.91 Å². The third-order valence-electron chi connectivity index (χ3n) is 2.19. The van der Waals surface area contributed by atoms with Gasteiger partial charge in [-0.25, -0.2) is 0 Å². The van der Waals surface area contributed by atoms with Crippen molar-refractivity contribution < 1.29 is 22.7 Å². The van der Waals surface area contributed by atoms with Crippen LogP contribution in [0.2, 0.25) is 0 Å². The summed E-state index contributed by atoms with van der Waals surface area (Å²) < 4.78 is 40.4. The summed E-state index contributed by atoms with van der Waals surface area (Å²) in [4.78, 5) is 11.0. The molecule has 1 unspecified atom stereocenters. The fraction of sp³-hybridized carbons (Fsp3) is 0.889. The molecule has 94 valence electrons. The molecule has 1 atom stereocenters. The van der Waals surface area contributed by atoms with Gasteiger partial charge in [-0.2, -0.15) is 13.2 Å². The van der Waals surface area contributed by atoms with E-state index in [4.69, 9.17) is 4.74 Å². The lowest BCUT2D eigenvalue weighted by atomic mass is 10.1. The highest BCUT2D eigenvalue weighted by molar-refractivity contribution is 5.77. The number of ether oxygens (including phenoxy) is 1. The average molecular weight is 240 g/mol. The Morgan fingerprint density at radius 1 is 1.50 bits per heavy atom. The van der Waals surface area contributed by atoms with Crippen molar-refractivity contribution in [1.29, 1.82) is 0 Å². The molecule has 0 aromatic heterocycles. The minimum atomic E-state index is -4.37. The molecular weight excluding hydrogens is 225 g/mol. The quantitative estimate of drug-likeness (QED) is 0.749. The van der Waals surface area contributed by atoms with E-state index in [0.717, 1.165) is 19.4 Å². The van der Waals surface area contributed by atoms with Gasteiger partial charge in [0.2, 0.25) is 5.91 Å². The Labute approximate surface area is 91.5 Å². The van der Waals surface area contributed by atoms with Gasteiger partial charge < -0.3 is 15.4 Å². The summed E-state index contributed by atoms with van der Waals surface area (Å²) in [6.07, 6.45) is -2.67. The summed E-state index contributed by atoms with van der Waals surface area (Å²) in [5, 5.41) is 4.83. The number of alkyl halides is 3. The lowest BCUT2D eigenvalue weighted by molar-refractivity contribution is -0.142. The second-order valence-electron chi connectivity index (χ2n) is 3.67. The van der Waals surface area contributed by atoms with Crippen LogP contribution in [0.4, 0.5) is 13.2 Å². The van der Waals surface area contributed by atoms with E-state index >= 15 is 0 Å². The van der Waals surface area contributed by atoms with Gasteiger partial charge in [0.05, 0.1) is 6.10 Å². The standard InChI is InChI=1S/C9H15F3N2O2/c10-9(11,12)6-14-8(15)5-16-7-2-1-3-13-4-7/h7,13H,1-6H2,(H,14,15). The van der Waals surface area contributed by atoms with Crippen molar-refractivity contribution in [2.24, 2.45) is 0 Å². The monoisotopic (exact) mass is 240 g/mol. The summed E-state index contributed by atoms with van der Waals surface area (Å²) in [5.41, 5.74) is 0. The van der Waals surface area contributed by atoms with Gasteiger partial charge in [0.15, 0.2) is 0 Å². The van der Waals surface area contributed by atoms with Gasteiger partial charge in [0.1, 0.15) is 13.2 Å². The Hall–Kier alpha value is -0.820. The molecule has 2 N–H and O–H groups in total.